The predicted molar refractivity (Wildman–Crippen MR) is 58.1 cm³/mol. The van der Waals surface area contributed by atoms with Crippen LogP contribution in [-0.2, 0) is 4.79 Å². The second kappa shape index (κ2) is 4.30. The van der Waals surface area contributed by atoms with Crippen LogP contribution >= 0.6 is 0 Å². The van der Waals surface area contributed by atoms with E-state index in [0.29, 0.717) is 18.4 Å². The molecule has 3 heteroatoms. The highest BCUT2D eigenvalue weighted by Crippen LogP contribution is 2.21. The lowest BCUT2D eigenvalue weighted by Gasteiger charge is -2.38. The zero-order valence-corrected chi connectivity index (χ0v) is 9.76. The number of hydrogen-bond donors (Lipinski definition) is 1. The van der Waals surface area contributed by atoms with E-state index in [1.807, 2.05) is 4.90 Å². The van der Waals surface area contributed by atoms with E-state index in [-0.39, 0.29) is 5.41 Å². The zero-order valence-electron chi connectivity index (χ0n) is 9.76. The van der Waals surface area contributed by atoms with Crippen LogP contribution in [0.25, 0.3) is 0 Å². The molecule has 0 atom stereocenters. The SMILES string of the molecule is CCN(C(=O)CC(C)(C)C)C1CNC1. The third-order valence-electron chi connectivity index (χ3n) is 2.54. The van der Waals surface area contributed by atoms with Gasteiger partial charge in [-0.25, -0.2) is 0 Å². The van der Waals surface area contributed by atoms with Crippen molar-refractivity contribution in [2.75, 3.05) is 19.6 Å². The predicted octanol–water partition coefficient (Wildman–Crippen LogP) is 1.24. The molecule has 1 N–H and O–H groups in total. The smallest absolute Gasteiger partial charge is 0.223 e. The van der Waals surface area contributed by atoms with Gasteiger partial charge in [0.25, 0.3) is 0 Å². The first kappa shape index (κ1) is 11.5. The Kier molecular flexibility index (Phi) is 3.53. The minimum Gasteiger partial charge on any atom is -0.337 e. The van der Waals surface area contributed by atoms with Gasteiger partial charge < -0.3 is 10.2 Å². The summed E-state index contributed by atoms with van der Waals surface area (Å²) in [5, 5.41) is 3.20. The average Bonchev–Trinajstić information content (AvgIpc) is 1.92. The normalized spacial score (nSPS) is 17.7. The molecule has 82 valence electrons. The average molecular weight is 198 g/mol. The first-order chi connectivity index (χ1) is 6.44. The molecule has 0 bridgehead atoms. The number of hydrogen-bond acceptors (Lipinski definition) is 2. The third kappa shape index (κ3) is 2.98. The molecule has 1 saturated heterocycles. The number of nitrogens with one attached hydrogen (secondary N) is 1. The molecule has 0 aliphatic carbocycles. The Morgan fingerprint density at radius 1 is 1.43 bits per heavy atom. The summed E-state index contributed by atoms with van der Waals surface area (Å²) in [6, 6.07) is 0.440. The molecule has 0 saturated carbocycles. The van der Waals surface area contributed by atoms with Crippen LogP contribution in [0.4, 0.5) is 0 Å². The summed E-state index contributed by atoms with van der Waals surface area (Å²) in [6.07, 6.45) is 0.650. The van der Waals surface area contributed by atoms with Crippen LogP contribution in [0.3, 0.4) is 0 Å². The summed E-state index contributed by atoms with van der Waals surface area (Å²) in [6.45, 7) is 11.1. The Bertz CT molecular complexity index is 204. The molecule has 0 spiro atoms. The van der Waals surface area contributed by atoms with E-state index in [2.05, 4.69) is 33.0 Å². The number of likely N-dealkylation sites (N-methyl/N-ethyl adjacent to an activating group) is 1. The second-order valence-electron chi connectivity index (χ2n) is 5.23. The molecule has 0 unspecified atom stereocenters. The lowest BCUT2D eigenvalue weighted by atomic mass is 9.91. The molecule has 14 heavy (non-hydrogen) atoms. The van der Waals surface area contributed by atoms with Gasteiger partial charge in [-0.1, -0.05) is 20.8 Å². The summed E-state index contributed by atoms with van der Waals surface area (Å²) >= 11 is 0. The molecule has 0 radical (unpaired) electrons. The first-order valence-corrected chi connectivity index (χ1v) is 5.44. The molecule has 1 amide bonds. The van der Waals surface area contributed by atoms with Gasteiger partial charge in [0.05, 0.1) is 6.04 Å². The molecular weight excluding hydrogens is 176 g/mol. The van der Waals surface area contributed by atoms with Crippen LogP contribution in [0.1, 0.15) is 34.1 Å². The van der Waals surface area contributed by atoms with E-state index >= 15 is 0 Å². The Labute approximate surface area is 86.9 Å². The number of carbonyl (C=O) groups excluding carboxylic acids is 1. The number of amides is 1. The van der Waals surface area contributed by atoms with Crippen LogP contribution in [0.2, 0.25) is 0 Å². The van der Waals surface area contributed by atoms with Gasteiger partial charge in [0, 0.05) is 26.1 Å². The Balaban J connectivity index is 2.47. The molecule has 0 aromatic carbocycles. The summed E-state index contributed by atoms with van der Waals surface area (Å²) in [5.41, 5.74) is 0.0989. The van der Waals surface area contributed by atoms with Gasteiger partial charge in [-0.15, -0.1) is 0 Å². The Morgan fingerprint density at radius 3 is 2.29 bits per heavy atom. The fraction of sp³-hybridized carbons (Fsp3) is 0.909. The largest absolute Gasteiger partial charge is 0.337 e. The minimum absolute atomic E-state index is 0.0989. The lowest BCUT2D eigenvalue weighted by Crippen LogP contribution is -2.59. The highest BCUT2D eigenvalue weighted by atomic mass is 16.2. The molecule has 0 aromatic rings. The third-order valence-corrected chi connectivity index (χ3v) is 2.54. The summed E-state index contributed by atoms with van der Waals surface area (Å²) in [7, 11) is 0. The van der Waals surface area contributed by atoms with Crippen LogP contribution in [0, 0.1) is 5.41 Å². The molecule has 1 aliphatic rings. The van der Waals surface area contributed by atoms with Gasteiger partial charge >= 0.3 is 0 Å². The maximum absolute atomic E-state index is 11.9. The minimum atomic E-state index is 0.0989. The second-order valence-corrected chi connectivity index (χ2v) is 5.23. The molecular formula is C11H22N2O. The van der Waals surface area contributed by atoms with Crippen molar-refractivity contribution in [2.45, 2.75) is 40.2 Å². The topological polar surface area (TPSA) is 32.3 Å². The number of carbonyl (C=O) groups is 1. The molecule has 3 nitrogen and oxygen atoms in total. The first-order valence-electron chi connectivity index (χ1n) is 5.44. The van der Waals surface area contributed by atoms with Crippen molar-refractivity contribution in [1.29, 1.82) is 0 Å². The van der Waals surface area contributed by atoms with Gasteiger partial charge in [-0.05, 0) is 12.3 Å². The van der Waals surface area contributed by atoms with Gasteiger partial charge in [-0.2, -0.15) is 0 Å². The number of nitrogens with zero attached hydrogens (tertiary/aromatic N) is 1. The van der Waals surface area contributed by atoms with E-state index in [9.17, 15) is 4.79 Å². The molecule has 1 heterocycles. The highest BCUT2D eigenvalue weighted by Gasteiger charge is 2.29. The standard InChI is InChI=1S/C11H22N2O/c1-5-13(9-7-12-8-9)10(14)6-11(2,3)4/h9,12H,5-8H2,1-4H3. The van der Waals surface area contributed by atoms with Gasteiger partial charge in [-0.3, -0.25) is 4.79 Å². The van der Waals surface area contributed by atoms with Crippen molar-refractivity contribution in [3.63, 3.8) is 0 Å². The Morgan fingerprint density at radius 2 is 2.00 bits per heavy atom. The van der Waals surface area contributed by atoms with Gasteiger partial charge in [0.15, 0.2) is 0 Å². The van der Waals surface area contributed by atoms with E-state index < -0.39 is 0 Å². The fourth-order valence-electron chi connectivity index (χ4n) is 1.69. The fourth-order valence-corrected chi connectivity index (χ4v) is 1.69. The van der Waals surface area contributed by atoms with Crippen molar-refractivity contribution < 1.29 is 4.79 Å². The zero-order chi connectivity index (χ0) is 10.8. The lowest BCUT2D eigenvalue weighted by molar-refractivity contribution is -0.136. The van der Waals surface area contributed by atoms with Crippen molar-refractivity contribution in [2.24, 2.45) is 5.41 Å². The van der Waals surface area contributed by atoms with Crippen molar-refractivity contribution in [1.82, 2.24) is 10.2 Å². The van der Waals surface area contributed by atoms with E-state index in [4.69, 9.17) is 0 Å². The van der Waals surface area contributed by atoms with Crippen molar-refractivity contribution >= 4 is 5.91 Å². The summed E-state index contributed by atoms with van der Waals surface area (Å²) in [4.78, 5) is 13.9. The quantitative estimate of drug-likeness (QED) is 0.740. The molecule has 0 aromatic heterocycles. The van der Waals surface area contributed by atoms with Crippen LogP contribution in [0.5, 0.6) is 0 Å². The van der Waals surface area contributed by atoms with E-state index in [1.165, 1.54) is 0 Å². The maximum atomic E-state index is 11.9. The summed E-state index contributed by atoms with van der Waals surface area (Å²) < 4.78 is 0. The molecule has 1 fully saturated rings. The van der Waals surface area contributed by atoms with Gasteiger partial charge in [0.1, 0.15) is 0 Å². The van der Waals surface area contributed by atoms with E-state index in [0.717, 1.165) is 19.6 Å². The van der Waals surface area contributed by atoms with Crippen LogP contribution in [-0.4, -0.2) is 36.5 Å². The monoisotopic (exact) mass is 198 g/mol. The maximum Gasteiger partial charge on any atom is 0.223 e. The van der Waals surface area contributed by atoms with E-state index in [1.54, 1.807) is 0 Å². The van der Waals surface area contributed by atoms with Crippen LogP contribution in [0.15, 0.2) is 0 Å². The number of rotatable bonds is 3. The summed E-state index contributed by atoms with van der Waals surface area (Å²) in [5.74, 6) is 0.298. The Hall–Kier alpha value is -0.570. The van der Waals surface area contributed by atoms with Gasteiger partial charge in [0.2, 0.25) is 5.91 Å². The van der Waals surface area contributed by atoms with Crippen molar-refractivity contribution in [3.05, 3.63) is 0 Å². The highest BCUT2D eigenvalue weighted by molar-refractivity contribution is 5.77. The van der Waals surface area contributed by atoms with Crippen LogP contribution < -0.4 is 5.32 Å². The van der Waals surface area contributed by atoms with Crippen molar-refractivity contribution in [3.8, 4) is 0 Å². The molecule has 1 rings (SSSR count). The molecule has 1 aliphatic heterocycles.